The van der Waals surface area contributed by atoms with Crippen molar-refractivity contribution in [3.63, 3.8) is 0 Å². The molecular formula is C14H16O6. The molecule has 0 unspecified atom stereocenters. The summed E-state index contributed by atoms with van der Waals surface area (Å²) in [5.74, 6) is -1.07. The maximum Gasteiger partial charge on any atom is 0.306 e. The fraction of sp³-hybridized carbons (Fsp3) is 0.500. The Bertz CT molecular complexity index is 490. The predicted octanol–water partition coefficient (Wildman–Crippen LogP) is 0.533. The van der Waals surface area contributed by atoms with Crippen LogP contribution in [0.15, 0.2) is 30.3 Å². The number of aliphatic carboxylic acids is 1. The molecule has 0 aliphatic carbocycles. The molecule has 1 aromatic carbocycles. The number of benzene rings is 1. The molecule has 108 valence electrons. The minimum absolute atomic E-state index is 0.0973. The Hall–Kier alpha value is -1.47. The van der Waals surface area contributed by atoms with E-state index in [0.29, 0.717) is 6.61 Å². The van der Waals surface area contributed by atoms with E-state index in [1.807, 2.05) is 30.3 Å². The number of fused-ring (bicyclic) bond motifs is 1. The molecule has 0 aromatic heterocycles. The number of epoxide rings is 1. The summed E-state index contributed by atoms with van der Waals surface area (Å²) in [7, 11) is 0. The zero-order chi connectivity index (χ0) is 14.2. The average Bonchev–Trinajstić information content (AvgIpc) is 3.20. The summed E-state index contributed by atoms with van der Waals surface area (Å²) >= 11 is 0. The van der Waals surface area contributed by atoms with Crippen molar-refractivity contribution in [2.24, 2.45) is 0 Å². The molecule has 0 bridgehead atoms. The Morgan fingerprint density at radius 2 is 2.15 bits per heavy atom. The molecule has 0 saturated carbocycles. The fourth-order valence-corrected chi connectivity index (χ4v) is 2.48. The lowest BCUT2D eigenvalue weighted by atomic mass is 9.92. The summed E-state index contributed by atoms with van der Waals surface area (Å²) in [5, 5.41) is 19.0. The SMILES string of the molecule is O=C(O)C[C@]1(O)CO[C@H](OCc2ccccc2)[C@@H]2O[C@@H]21. The van der Waals surface area contributed by atoms with Crippen molar-refractivity contribution in [2.75, 3.05) is 6.61 Å². The zero-order valence-electron chi connectivity index (χ0n) is 10.8. The lowest BCUT2D eigenvalue weighted by Crippen LogP contribution is -2.50. The lowest BCUT2D eigenvalue weighted by molar-refractivity contribution is -0.206. The normalized spacial score (nSPS) is 35.4. The Balaban J connectivity index is 1.55. The lowest BCUT2D eigenvalue weighted by Gasteiger charge is -2.31. The topological polar surface area (TPSA) is 88.5 Å². The van der Waals surface area contributed by atoms with Gasteiger partial charge in [0.05, 0.1) is 19.6 Å². The first-order chi connectivity index (χ1) is 9.58. The second-order valence-electron chi connectivity index (χ2n) is 5.17. The van der Waals surface area contributed by atoms with Gasteiger partial charge in [-0.05, 0) is 5.56 Å². The van der Waals surface area contributed by atoms with Crippen LogP contribution < -0.4 is 0 Å². The van der Waals surface area contributed by atoms with Crippen molar-refractivity contribution in [3.8, 4) is 0 Å². The van der Waals surface area contributed by atoms with Gasteiger partial charge in [-0.15, -0.1) is 0 Å². The third-order valence-corrected chi connectivity index (χ3v) is 3.54. The highest BCUT2D eigenvalue weighted by Gasteiger charge is 2.62. The van der Waals surface area contributed by atoms with Crippen LogP contribution in [0, 0.1) is 0 Å². The molecule has 6 nitrogen and oxygen atoms in total. The number of hydrogen-bond donors (Lipinski definition) is 2. The minimum Gasteiger partial charge on any atom is -0.481 e. The van der Waals surface area contributed by atoms with E-state index in [1.165, 1.54) is 0 Å². The third-order valence-electron chi connectivity index (χ3n) is 3.54. The van der Waals surface area contributed by atoms with Crippen molar-refractivity contribution in [1.82, 2.24) is 0 Å². The number of carboxylic acids is 1. The number of aliphatic hydroxyl groups is 1. The number of carboxylic acid groups (broad SMARTS) is 1. The molecule has 2 heterocycles. The van der Waals surface area contributed by atoms with Crippen LogP contribution in [0.5, 0.6) is 0 Å². The van der Waals surface area contributed by atoms with Gasteiger partial charge in [0.15, 0.2) is 6.29 Å². The number of hydrogen-bond acceptors (Lipinski definition) is 5. The summed E-state index contributed by atoms with van der Waals surface area (Å²) in [6.07, 6.45) is -1.86. The van der Waals surface area contributed by atoms with Gasteiger partial charge in [-0.2, -0.15) is 0 Å². The second kappa shape index (κ2) is 5.14. The van der Waals surface area contributed by atoms with E-state index in [-0.39, 0.29) is 13.0 Å². The third kappa shape index (κ3) is 2.69. The molecule has 1 aromatic rings. The molecule has 3 rings (SSSR count). The van der Waals surface area contributed by atoms with Crippen LogP contribution in [0.25, 0.3) is 0 Å². The molecule has 2 N–H and O–H groups in total. The van der Waals surface area contributed by atoms with Crippen LogP contribution in [-0.2, 0) is 25.6 Å². The molecule has 4 atom stereocenters. The highest BCUT2D eigenvalue weighted by molar-refractivity contribution is 5.68. The van der Waals surface area contributed by atoms with Crippen LogP contribution in [0.3, 0.4) is 0 Å². The molecule has 2 saturated heterocycles. The van der Waals surface area contributed by atoms with Gasteiger partial charge in [0.2, 0.25) is 0 Å². The van der Waals surface area contributed by atoms with E-state index in [9.17, 15) is 9.90 Å². The zero-order valence-corrected chi connectivity index (χ0v) is 10.8. The maximum absolute atomic E-state index is 10.7. The summed E-state index contributed by atoms with van der Waals surface area (Å²) in [4.78, 5) is 10.7. The van der Waals surface area contributed by atoms with Crippen molar-refractivity contribution in [3.05, 3.63) is 35.9 Å². The Labute approximate surface area is 115 Å². The van der Waals surface area contributed by atoms with Gasteiger partial charge in [-0.1, -0.05) is 30.3 Å². The molecule has 0 amide bonds. The van der Waals surface area contributed by atoms with Gasteiger partial charge in [0, 0.05) is 0 Å². The minimum atomic E-state index is -1.46. The van der Waals surface area contributed by atoms with Crippen LogP contribution >= 0.6 is 0 Å². The Morgan fingerprint density at radius 3 is 2.85 bits per heavy atom. The first-order valence-corrected chi connectivity index (χ1v) is 6.45. The highest BCUT2D eigenvalue weighted by atomic mass is 16.7. The van der Waals surface area contributed by atoms with Crippen LogP contribution in [-0.4, -0.2) is 46.9 Å². The molecule has 0 spiro atoms. The van der Waals surface area contributed by atoms with E-state index in [0.717, 1.165) is 5.56 Å². The highest BCUT2D eigenvalue weighted by Crippen LogP contribution is 2.42. The summed E-state index contributed by atoms with van der Waals surface area (Å²) in [6, 6.07) is 9.64. The average molecular weight is 280 g/mol. The maximum atomic E-state index is 10.7. The largest absolute Gasteiger partial charge is 0.481 e. The monoisotopic (exact) mass is 280 g/mol. The predicted molar refractivity (Wildman–Crippen MR) is 66.8 cm³/mol. The van der Waals surface area contributed by atoms with Gasteiger partial charge < -0.3 is 24.4 Å². The van der Waals surface area contributed by atoms with Crippen LogP contribution in [0.1, 0.15) is 12.0 Å². The number of ether oxygens (including phenoxy) is 3. The van der Waals surface area contributed by atoms with Gasteiger partial charge in [0.25, 0.3) is 0 Å². The summed E-state index contributed by atoms with van der Waals surface area (Å²) in [6.45, 7) is 0.287. The van der Waals surface area contributed by atoms with Crippen LogP contribution in [0.4, 0.5) is 0 Å². The first kappa shape index (κ1) is 13.5. The van der Waals surface area contributed by atoms with E-state index in [4.69, 9.17) is 19.3 Å². The smallest absolute Gasteiger partial charge is 0.306 e. The van der Waals surface area contributed by atoms with Crippen molar-refractivity contribution in [1.29, 1.82) is 0 Å². The molecular weight excluding hydrogens is 264 g/mol. The number of rotatable bonds is 5. The molecule has 2 aliphatic rings. The quantitative estimate of drug-likeness (QED) is 0.765. The van der Waals surface area contributed by atoms with Gasteiger partial charge in [-0.3, -0.25) is 4.79 Å². The Morgan fingerprint density at radius 1 is 1.40 bits per heavy atom. The molecule has 2 aliphatic heterocycles. The van der Waals surface area contributed by atoms with E-state index in [2.05, 4.69) is 0 Å². The van der Waals surface area contributed by atoms with E-state index in [1.54, 1.807) is 0 Å². The van der Waals surface area contributed by atoms with Crippen LogP contribution in [0.2, 0.25) is 0 Å². The van der Waals surface area contributed by atoms with E-state index < -0.39 is 30.1 Å². The van der Waals surface area contributed by atoms with Crippen molar-refractivity contribution in [2.45, 2.75) is 37.1 Å². The van der Waals surface area contributed by atoms with Gasteiger partial charge in [-0.25, -0.2) is 0 Å². The van der Waals surface area contributed by atoms with Gasteiger partial charge >= 0.3 is 5.97 Å². The molecule has 6 heteroatoms. The Kier molecular flexibility index (Phi) is 3.47. The number of carbonyl (C=O) groups is 1. The molecule has 20 heavy (non-hydrogen) atoms. The summed E-state index contributed by atoms with van der Waals surface area (Å²) < 4.78 is 16.4. The van der Waals surface area contributed by atoms with E-state index >= 15 is 0 Å². The standard InChI is InChI=1S/C14H16O6/c15-10(16)6-14(17)8-19-13(11-12(14)20-11)18-7-9-4-2-1-3-5-9/h1-5,11-13,17H,6-8H2,(H,15,16)/t11-,12+,13+,14+/m1/s1. The molecule has 0 radical (unpaired) electrons. The van der Waals surface area contributed by atoms with Crippen molar-refractivity contribution >= 4 is 5.97 Å². The first-order valence-electron chi connectivity index (χ1n) is 6.45. The second-order valence-corrected chi connectivity index (χ2v) is 5.17. The molecule has 2 fully saturated rings. The summed E-state index contributed by atoms with van der Waals surface area (Å²) in [5.41, 5.74) is -0.442. The van der Waals surface area contributed by atoms with Crippen molar-refractivity contribution < 1.29 is 29.2 Å². The van der Waals surface area contributed by atoms with Gasteiger partial charge in [0.1, 0.15) is 17.8 Å². The fourth-order valence-electron chi connectivity index (χ4n) is 2.48.